The lowest BCUT2D eigenvalue weighted by atomic mass is 10.4. The number of rotatable bonds is 6. The Morgan fingerprint density at radius 2 is 2.47 bits per heavy atom. The first-order valence-electron chi connectivity index (χ1n) is 5.80. The highest BCUT2D eigenvalue weighted by molar-refractivity contribution is 5.85. The van der Waals surface area contributed by atoms with Gasteiger partial charge in [0.25, 0.3) is 0 Å². The monoisotopic (exact) mass is 212 g/mol. The molecule has 0 aromatic carbocycles. The van der Waals surface area contributed by atoms with Gasteiger partial charge in [-0.15, -0.1) is 0 Å². The molecule has 2 rings (SSSR count). The Balaban J connectivity index is 1.55. The van der Waals surface area contributed by atoms with E-state index in [1.165, 1.54) is 0 Å². The van der Waals surface area contributed by atoms with E-state index in [2.05, 4.69) is 23.7 Å². The molecule has 15 heavy (non-hydrogen) atoms. The van der Waals surface area contributed by atoms with Crippen molar-refractivity contribution in [2.24, 2.45) is 4.99 Å². The number of nitrogens with zero attached hydrogens (tertiary/aromatic N) is 2. The summed E-state index contributed by atoms with van der Waals surface area (Å²) >= 11 is 0. The van der Waals surface area contributed by atoms with Crippen molar-refractivity contribution in [2.45, 2.75) is 32.4 Å². The van der Waals surface area contributed by atoms with Gasteiger partial charge in [-0.25, -0.2) is 0 Å². The largest absolute Gasteiger partial charge is 0.478 e. The predicted octanol–water partition coefficient (Wildman–Crippen LogP) is 0.914. The van der Waals surface area contributed by atoms with Crippen molar-refractivity contribution < 1.29 is 9.47 Å². The molecule has 2 unspecified atom stereocenters. The van der Waals surface area contributed by atoms with E-state index in [0.29, 0.717) is 12.1 Å². The maximum absolute atomic E-state index is 5.49. The third-order valence-electron chi connectivity index (χ3n) is 2.65. The smallest absolute Gasteiger partial charge is 0.202 e. The quantitative estimate of drug-likeness (QED) is 0.485. The van der Waals surface area contributed by atoms with Gasteiger partial charge in [0, 0.05) is 19.7 Å². The summed E-state index contributed by atoms with van der Waals surface area (Å²) < 4.78 is 10.9. The van der Waals surface area contributed by atoms with Gasteiger partial charge < -0.3 is 9.47 Å². The molecule has 1 fully saturated rings. The topological polar surface area (TPSA) is 33.8 Å². The number of aliphatic imine (C=N–C) groups is 1. The third-order valence-corrected chi connectivity index (χ3v) is 2.65. The first-order valence-corrected chi connectivity index (χ1v) is 5.80. The van der Waals surface area contributed by atoms with E-state index in [-0.39, 0.29) is 0 Å². The van der Waals surface area contributed by atoms with Crippen LogP contribution in [0.3, 0.4) is 0 Å². The molecule has 0 radical (unpaired) electrons. The second-order valence-corrected chi connectivity index (χ2v) is 4.35. The molecule has 0 aromatic rings. The van der Waals surface area contributed by atoms with Gasteiger partial charge >= 0.3 is 0 Å². The molecule has 1 saturated heterocycles. The minimum absolute atomic E-state index is 0.345. The molecule has 86 valence electrons. The van der Waals surface area contributed by atoms with Crippen LogP contribution >= 0.6 is 0 Å². The molecular weight excluding hydrogens is 192 g/mol. The number of ether oxygens (including phenoxy) is 2. The molecule has 0 bridgehead atoms. The van der Waals surface area contributed by atoms with Crippen LogP contribution in [0.1, 0.15) is 20.3 Å². The highest BCUT2D eigenvalue weighted by Crippen LogP contribution is 2.21. The number of hydrogen-bond acceptors (Lipinski definition) is 4. The Labute approximate surface area is 91.3 Å². The highest BCUT2D eigenvalue weighted by atomic mass is 16.5. The summed E-state index contributed by atoms with van der Waals surface area (Å²) in [6.07, 6.45) is 1.44. The van der Waals surface area contributed by atoms with E-state index in [9.17, 15) is 0 Å². The Morgan fingerprint density at radius 3 is 3.13 bits per heavy atom. The molecule has 2 heterocycles. The zero-order valence-corrected chi connectivity index (χ0v) is 9.61. The zero-order valence-electron chi connectivity index (χ0n) is 9.61. The van der Waals surface area contributed by atoms with Crippen molar-refractivity contribution in [1.82, 2.24) is 4.90 Å². The van der Waals surface area contributed by atoms with Gasteiger partial charge in [-0.05, 0) is 20.3 Å². The van der Waals surface area contributed by atoms with Crippen molar-refractivity contribution in [3.63, 3.8) is 0 Å². The molecule has 0 spiro atoms. The summed E-state index contributed by atoms with van der Waals surface area (Å²) in [5.74, 6) is 0.958. The molecule has 2 atom stereocenters. The second kappa shape index (κ2) is 4.94. The van der Waals surface area contributed by atoms with Crippen LogP contribution in [0.25, 0.3) is 0 Å². The fraction of sp³-hybridized carbons (Fsp3) is 0.909. The first-order chi connectivity index (χ1) is 7.27. The normalized spacial score (nSPS) is 29.1. The van der Waals surface area contributed by atoms with Crippen LogP contribution in [0.15, 0.2) is 4.99 Å². The van der Waals surface area contributed by atoms with Crippen LogP contribution in [-0.4, -0.2) is 55.8 Å². The summed E-state index contributed by atoms with van der Waals surface area (Å²) in [6.45, 7) is 8.82. The molecule has 4 nitrogen and oxygen atoms in total. The van der Waals surface area contributed by atoms with Gasteiger partial charge in [0.2, 0.25) is 5.90 Å². The maximum atomic E-state index is 5.49. The molecule has 0 aliphatic carbocycles. The van der Waals surface area contributed by atoms with Crippen LogP contribution in [0.2, 0.25) is 0 Å². The van der Waals surface area contributed by atoms with Gasteiger partial charge in [-0.3, -0.25) is 9.89 Å². The summed E-state index contributed by atoms with van der Waals surface area (Å²) in [4.78, 5) is 6.71. The van der Waals surface area contributed by atoms with Gasteiger partial charge in [-0.2, -0.15) is 0 Å². The summed E-state index contributed by atoms with van der Waals surface area (Å²) in [6, 6.07) is 0.478. The fourth-order valence-corrected chi connectivity index (χ4v) is 1.80. The van der Waals surface area contributed by atoms with E-state index in [4.69, 9.17) is 9.47 Å². The van der Waals surface area contributed by atoms with Crippen molar-refractivity contribution in [3.05, 3.63) is 0 Å². The Kier molecular flexibility index (Phi) is 3.59. The van der Waals surface area contributed by atoms with Crippen LogP contribution in [-0.2, 0) is 9.47 Å². The minimum atomic E-state index is 0.345. The van der Waals surface area contributed by atoms with Crippen molar-refractivity contribution in [3.8, 4) is 0 Å². The van der Waals surface area contributed by atoms with Crippen LogP contribution in [0.5, 0.6) is 0 Å². The minimum Gasteiger partial charge on any atom is -0.478 e. The second-order valence-electron chi connectivity index (χ2n) is 4.35. The zero-order chi connectivity index (χ0) is 10.7. The highest BCUT2D eigenvalue weighted by Gasteiger charge is 2.40. The van der Waals surface area contributed by atoms with Crippen molar-refractivity contribution in [2.75, 3.05) is 32.8 Å². The summed E-state index contributed by atoms with van der Waals surface area (Å²) in [5.41, 5.74) is 0. The average Bonchev–Trinajstić information content (AvgIpc) is 2.76. The van der Waals surface area contributed by atoms with Crippen molar-refractivity contribution in [1.29, 1.82) is 0 Å². The Hall–Kier alpha value is -0.610. The van der Waals surface area contributed by atoms with Crippen LogP contribution < -0.4 is 0 Å². The van der Waals surface area contributed by atoms with E-state index < -0.39 is 0 Å². The van der Waals surface area contributed by atoms with Gasteiger partial charge in [0.05, 0.1) is 18.7 Å². The Bertz CT molecular complexity index is 241. The molecule has 0 amide bonds. The number of hydrogen-bond donors (Lipinski definition) is 0. The first kappa shape index (κ1) is 10.9. The lowest BCUT2D eigenvalue weighted by Gasteiger charge is -2.07. The summed E-state index contributed by atoms with van der Waals surface area (Å²) in [7, 11) is 0. The molecule has 0 saturated carbocycles. The molecule has 2 aliphatic rings. The van der Waals surface area contributed by atoms with E-state index in [1.54, 1.807) is 0 Å². The van der Waals surface area contributed by atoms with Crippen LogP contribution in [0.4, 0.5) is 0 Å². The van der Waals surface area contributed by atoms with E-state index in [1.807, 2.05) is 0 Å². The molecular formula is C11H20N2O2. The third kappa shape index (κ3) is 3.18. The summed E-state index contributed by atoms with van der Waals surface area (Å²) in [5, 5.41) is 0. The molecule has 0 N–H and O–H groups in total. The lowest BCUT2D eigenvalue weighted by Crippen LogP contribution is -2.15. The van der Waals surface area contributed by atoms with Gasteiger partial charge in [-0.1, -0.05) is 0 Å². The van der Waals surface area contributed by atoms with Gasteiger partial charge in [0.15, 0.2) is 0 Å². The molecule has 0 aromatic heterocycles. The SMILES string of the molecule is CC(C)OCCCN1CC1C1=NCCO1. The van der Waals surface area contributed by atoms with Crippen molar-refractivity contribution >= 4 is 5.90 Å². The predicted molar refractivity (Wildman–Crippen MR) is 59.3 cm³/mol. The average molecular weight is 212 g/mol. The molecule has 4 heteroatoms. The standard InChI is InChI=1S/C11H20N2O2/c1-9(2)14-6-3-5-13-8-10(13)11-12-4-7-15-11/h9-10H,3-8H2,1-2H3. The van der Waals surface area contributed by atoms with E-state index in [0.717, 1.165) is 45.2 Å². The lowest BCUT2D eigenvalue weighted by molar-refractivity contribution is 0.0750. The Morgan fingerprint density at radius 1 is 1.60 bits per heavy atom. The fourth-order valence-electron chi connectivity index (χ4n) is 1.80. The molecule has 2 aliphatic heterocycles. The van der Waals surface area contributed by atoms with Crippen LogP contribution in [0, 0.1) is 0 Å². The van der Waals surface area contributed by atoms with E-state index >= 15 is 0 Å². The van der Waals surface area contributed by atoms with Gasteiger partial charge in [0.1, 0.15) is 6.61 Å². The maximum Gasteiger partial charge on any atom is 0.202 e.